The molecule has 1 aromatic rings. The Morgan fingerprint density at radius 2 is 2.41 bits per heavy atom. The zero-order valence-electron chi connectivity index (χ0n) is 10.4. The quantitative estimate of drug-likeness (QED) is 0.791. The van der Waals surface area contributed by atoms with Gasteiger partial charge in [-0.25, -0.2) is 4.98 Å². The number of aromatic nitrogens is 1. The highest BCUT2D eigenvalue weighted by molar-refractivity contribution is 7.13. The molecule has 1 aliphatic heterocycles. The standard InChI is InChI=1S/C13H21N3S/c1-2-3-4-7-11-10(6-5-8-15-11)12-9-17-13(14)16-12/h6,9,11,15H,2-5,7-8H2,1H3,(H2,14,16). The van der Waals surface area contributed by atoms with Crippen LogP contribution in [-0.2, 0) is 0 Å². The highest BCUT2D eigenvalue weighted by Gasteiger charge is 2.19. The van der Waals surface area contributed by atoms with Crippen molar-refractivity contribution in [3.05, 3.63) is 17.2 Å². The molecule has 1 aromatic heterocycles. The van der Waals surface area contributed by atoms with Gasteiger partial charge in [0.25, 0.3) is 0 Å². The van der Waals surface area contributed by atoms with Crippen molar-refractivity contribution in [2.24, 2.45) is 0 Å². The van der Waals surface area contributed by atoms with Crippen molar-refractivity contribution in [3.8, 4) is 0 Å². The first kappa shape index (κ1) is 12.6. The minimum absolute atomic E-state index is 0.469. The summed E-state index contributed by atoms with van der Waals surface area (Å²) >= 11 is 1.53. The Morgan fingerprint density at radius 3 is 3.12 bits per heavy atom. The van der Waals surface area contributed by atoms with Gasteiger partial charge in [0.2, 0.25) is 0 Å². The van der Waals surface area contributed by atoms with Crippen LogP contribution in [0.4, 0.5) is 5.13 Å². The zero-order valence-corrected chi connectivity index (χ0v) is 11.2. The van der Waals surface area contributed by atoms with Gasteiger partial charge >= 0.3 is 0 Å². The Bertz CT molecular complexity index is 384. The number of rotatable bonds is 5. The van der Waals surface area contributed by atoms with Gasteiger partial charge in [0.1, 0.15) is 0 Å². The summed E-state index contributed by atoms with van der Waals surface area (Å²) in [5.74, 6) is 0. The third-order valence-electron chi connectivity index (χ3n) is 3.19. The van der Waals surface area contributed by atoms with E-state index in [2.05, 4.69) is 28.7 Å². The second-order valence-electron chi connectivity index (χ2n) is 4.52. The van der Waals surface area contributed by atoms with E-state index in [9.17, 15) is 0 Å². The average Bonchev–Trinajstić information content (AvgIpc) is 2.77. The minimum atomic E-state index is 0.469. The van der Waals surface area contributed by atoms with Crippen LogP contribution in [0.3, 0.4) is 0 Å². The summed E-state index contributed by atoms with van der Waals surface area (Å²) in [6, 6.07) is 0.469. The first-order chi connectivity index (χ1) is 8.31. The van der Waals surface area contributed by atoms with Crippen LogP contribution in [0.1, 0.15) is 44.7 Å². The summed E-state index contributed by atoms with van der Waals surface area (Å²) in [6.07, 6.45) is 8.49. The molecule has 1 aliphatic rings. The lowest BCUT2D eigenvalue weighted by Crippen LogP contribution is -2.34. The number of nitrogens with zero attached hydrogens (tertiary/aromatic N) is 1. The number of nitrogen functional groups attached to an aromatic ring is 1. The molecule has 3 nitrogen and oxygen atoms in total. The molecule has 0 bridgehead atoms. The lowest BCUT2D eigenvalue weighted by molar-refractivity contribution is 0.524. The van der Waals surface area contributed by atoms with Gasteiger partial charge in [-0.1, -0.05) is 32.3 Å². The molecule has 3 N–H and O–H groups in total. The summed E-state index contributed by atoms with van der Waals surface area (Å²) in [5, 5.41) is 6.33. The monoisotopic (exact) mass is 251 g/mol. The largest absolute Gasteiger partial charge is 0.375 e. The zero-order chi connectivity index (χ0) is 12.1. The van der Waals surface area contributed by atoms with E-state index < -0.39 is 0 Å². The van der Waals surface area contributed by atoms with E-state index in [4.69, 9.17) is 5.73 Å². The molecule has 0 amide bonds. The SMILES string of the molecule is CCCCCC1NCCC=C1c1csc(N)n1. The maximum Gasteiger partial charge on any atom is 0.180 e. The summed E-state index contributed by atoms with van der Waals surface area (Å²) < 4.78 is 0. The van der Waals surface area contributed by atoms with Crippen molar-refractivity contribution in [2.75, 3.05) is 12.3 Å². The number of unbranched alkanes of at least 4 members (excludes halogenated alkanes) is 2. The van der Waals surface area contributed by atoms with Gasteiger partial charge < -0.3 is 11.1 Å². The molecule has 0 fully saturated rings. The number of hydrogen-bond donors (Lipinski definition) is 2. The van der Waals surface area contributed by atoms with Crippen molar-refractivity contribution in [2.45, 2.75) is 45.1 Å². The van der Waals surface area contributed by atoms with Gasteiger partial charge in [0, 0.05) is 11.4 Å². The topological polar surface area (TPSA) is 50.9 Å². The van der Waals surface area contributed by atoms with E-state index >= 15 is 0 Å². The molecule has 1 atom stereocenters. The van der Waals surface area contributed by atoms with Crippen molar-refractivity contribution >= 4 is 22.0 Å². The molecule has 0 saturated heterocycles. The molecule has 0 aliphatic carbocycles. The van der Waals surface area contributed by atoms with Crippen LogP contribution in [0, 0.1) is 0 Å². The van der Waals surface area contributed by atoms with E-state index in [1.165, 1.54) is 42.6 Å². The van der Waals surface area contributed by atoms with Crippen molar-refractivity contribution < 1.29 is 0 Å². The molecule has 0 aromatic carbocycles. The summed E-state index contributed by atoms with van der Waals surface area (Å²) in [6.45, 7) is 3.33. The summed E-state index contributed by atoms with van der Waals surface area (Å²) in [7, 11) is 0. The molecule has 0 saturated carbocycles. The Balaban J connectivity index is 2.04. The van der Waals surface area contributed by atoms with E-state index in [1.54, 1.807) is 0 Å². The molecule has 94 valence electrons. The molecule has 1 unspecified atom stereocenters. The van der Waals surface area contributed by atoms with Gasteiger partial charge in [-0.05, 0) is 25.0 Å². The fourth-order valence-corrected chi connectivity index (χ4v) is 2.87. The number of anilines is 1. The van der Waals surface area contributed by atoms with E-state index in [0.717, 1.165) is 18.7 Å². The number of hydrogen-bond acceptors (Lipinski definition) is 4. The molecule has 0 radical (unpaired) electrons. The number of nitrogens with one attached hydrogen (secondary N) is 1. The van der Waals surface area contributed by atoms with Crippen LogP contribution < -0.4 is 11.1 Å². The van der Waals surface area contributed by atoms with Gasteiger partial charge in [-0.15, -0.1) is 11.3 Å². The van der Waals surface area contributed by atoms with E-state index in [1.807, 2.05) is 0 Å². The molecule has 2 heterocycles. The Morgan fingerprint density at radius 1 is 1.53 bits per heavy atom. The second-order valence-corrected chi connectivity index (χ2v) is 5.41. The maximum atomic E-state index is 5.71. The highest BCUT2D eigenvalue weighted by Crippen LogP contribution is 2.27. The first-order valence-electron chi connectivity index (χ1n) is 6.46. The summed E-state index contributed by atoms with van der Waals surface area (Å²) in [5.41, 5.74) is 8.13. The Labute approximate surface area is 107 Å². The third kappa shape index (κ3) is 3.30. The highest BCUT2D eigenvalue weighted by atomic mass is 32.1. The summed E-state index contributed by atoms with van der Waals surface area (Å²) in [4.78, 5) is 4.40. The smallest absolute Gasteiger partial charge is 0.180 e. The van der Waals surface area contributed by atoms with Crippen LogP contribution in [0.15, 0.2) is 11.5 Å². The van der Waals surface area contributed by atoms with Crippen LogP contribution in [0.2, 0.25) is 0 Å². The maximum absolute atomic E-state index is 5.71. The van der Waals surface area contributed by atoms with E-state index in [0.29, 0.717) is 11.2 Å². The van der Waals surface area contributed by atoms with Crippen LogP contribution in [0.25, 0.3) is 5.57 Å². The van der Waals surface area contributed by atoms with Crippen LogP contribution in [-0.4, -0.2) is 17.6 Å². The number of thiazole rings is 1. The predicted octanol–water partition coefficient (Wildman–Crippen LogP) is 3.05. The molecular weight excluding hydrogens is 230 g/mol. The number of nitrogens with two attached hydrogens (primary N) is 1. The normalized spacial score (nSPS) is 20.3. The van der Waals surface area contributed by atoms with Gasteiger partial charge in [0.15, 0.2) is 5.13 Å². The Kier molecular flexibility index (Phi) is 4.57. The van der Waals surface area contributed by atoms with E-state index in [-0.39, 0.29) is 0 Å². The molecule has 17 heavy (non-hydrogen) atoms. The molecule has 2 rings (SSSR count). The van der Waals surface area contributed by atoms with Crippen LogP contribution in [0.5, 0.6) is 0 Å². The molecular formula is C13H21N3S. The van der Waals surface area contributed by atoms with Gasteiger partial charge in [0.05, 0.1) is 5.69 Å². The predicted molar refractivity (Wildman–Crippen MR) is 75.1 cm³/mol. The minimum Gasteiger partial charge on any atom is -0.375 e. The van der Waals surface area contributed by atoms with Gasteiger partial charge in [-0.2, -0.15) is 0 Å². The first-order valence-corrected chi connectivity index (χ1v) is 7.34. The van der Waals surface area contributed by atoms with Crippen molar-refractivity contribution in [3.63, 3.8) is 0 Å². The van der Waals surface area contributed by atoms with Crippen molar-refractivity contribution in [1.82, 2.24) is 10.3 Å². The lowest BCUT2D eigenvalue weighted by Gasteiger charge is -2.24. The van der Waals surface area contributed by atoms with Gasteiger partial charge in [-0.3, -0.25) is 0 Å². The van der Waals surface area contributed by atoms with Crippen molar-refractivity contribution in [1.29, 1.82) is 0 Å². The lowest BCUT2D eigenvalue weighted by atomic mass is 9.95. The second kappa shape index (κ2) is 6.17. The molecule has 4 heteroatoms. The fraction of sp³-hybridized carbons (Fsp3) is 0.615. The fourth-order valence-electron chi connectivity index (χ4n) is 2.30. The molecule has 0 spiro atoms. The average molecular weight is 251 g/mol. The van der Waals surface area contributed by atoms with Crippen LogP contribution >= 0.6 is 11.3 Å². The Hall–Kier alpha value is -0.870. The third-order valence-corrected chi connectivity index (χ3v) is 3.86.